The van der Waals surface area contributed by atoms with Crippen LogP contribution in [0.25, 0.3) is 0 Å². The van der Waals surface area contributed by atoms with Crippen molar-refractivity contribution in [1.82, 2.24) is 15.3 Å². The van der Waals surface area contributed by atoms with Crippen molar-refractivity contribution in [1.29, 1.82) is 0 Å². The van der Waals surface area contributed by atoms with Gasteiger partial charge in [0, 0.05) is 30.4 Å². The largest absolute Gasteiger partial charge is 0.315 e. The lowest BCUT2D eigenvalue weighted by molar-refractivity contribution is 0.612. The summed E-state index contributed by atoms with van der Waals surface area (Å²) in [5, 5.41) is 4.85. The van der Waals surface area contributed by atoms with Crippen molar-refractivity contribution in [3.05, 3.63) is 50.6 Å². The molecule has 0 aromatic carbocycles. The minimum absolute atomic E-state index is 0.0655. The van der Waals surface area contributed by atoms with E-state index in [0.29, 0.717) is 13.1 Å². The van der Waals surface area contributed by atoms with Crippen molar-refractivity contribution in [3.8, 4) is 0 Å². The Bertz CT molecular complexity index is 523. The summed E-state index contributed by atoms with van der Waals surface area (Å²) in [6.45, 7) is 1.07. The normalized spacial score (nSPS) is 10.6. The van der Waals surface area contributed by atoms with E-state index < -0.39 is 0 Å². The molecule has 4 nitrogen and oxygen atoms in total. The molecule has 0 radical (unpaired) electrons. The molecule has 6 heteroatoms. The lowest BCUT2D eigenvalue weighted by atomic mass is 10.3. The molecule has 0 spiro atoms. The first kappa shape index (κ1) is 11.0. The van der Waals surface area contributed by atoms with Gasteiger partial charge in [0.1, 0.15) is 5.82 Å². The summed E-state index contributed by atoms with van der Waals surface area (Å²) in [5.41, 5.74) is 1.61. The maximum atomic E-state index is 12.8. The first-order valence-electron chi connectivity index (χ1n) is 4.71. The number of hydrogen-bond donors (Lipinski definition) is 2. The zero-order valence-corrected chi connectivity index (χ0v) is 9.18. The van der Waals surface area contributed by atoms with Gasteiger partial charge in [-0.15, -0.1) is 0 Å². The summed E-state index contributed by atoms with van der Waals surface area (Å²) in [6, 6.07) is 1.43. The lowest BCUT2D eigenvalue weighted by Crippen LogP contribution is -2.14. The number of nitrogens with one attached hydrogen (secondary N) is 2. The number of nitrogens with zero attached hydrogens (tertiary/aromatic N) is 1. The van der Waals surface area contributed by atoms with E-state index in [-0.39, 0.29) is 10.7 Å². The predicted molar refractivity (Wildman–Crippen MR) is 59.7 cm³/mol. The number of thiazole rings is 1. The molecule has 2 N–H and O–H groups in total. The predicted octanol–water partition coefficient (Wildman–Crippen LogP) is 1.26. The first-order chi connectivity index (χ1) is 7.74. The van der Waals surface area contributed by atoms with Gasteiger partial charge in [0.15, 0.2) is 0 Å². The molecule has 2 heterocycles. The van der Waals surface area contributed by atoms with E-state index in [9.17, 15) is 9.18 Å². The van der Waals surface area contributed by atoms with Crippen LogP contribution in [0.5, 0.6) is 0 Å². The van der Waals surface area contributed by atoms with Gasteiger partial charge in [0.05, 0.1) is 6.20 Å². The number of H-pyrrole nitrogens is 1. The van der Waals surface area contributed by atoms with E-state index in [1.54, 1.807) is 11.6 Å². The van der Waals surface area contributed by atoms with Crippen molar-refractivity contribution in [2.75, 3.05) is 0 Å². The number of pyridine rings is 1. The van der Waals surface area contributed by atoms with Crippen LogP contribution in [0, 0.1) is 5.82 Å². The van der Waals surface area contributed by atoms with Gasteiger partial charge in [-0.2, -0.15) is 0 Å². The molecule has 0 saturated heterocycles. The molecule has 0 aliphatic carbocycles. The third kappa shape index (κ3) is 2.98. The van der Waals surface area contributed by atoms with Gasteiger partial charge in [0.25, 0.3) is 0 Å². The van der Waals surface area contributed by atoms with Gasteiger partial charge in [-0.05, 0) is 11.6 Å². The van der Waals surface area contributed by atoms with Gasteiger partial charge < -0.3 is 10.3 Å². The number of aromatic amines is 1. The lowest BCUT2D eigenvalue weighted by Gasteiger charge is -2.02. The monoisotopic (exact) mass is 239 g/mol. The van der Waals surface area contributed by atoms with Crippen LogP contribution >= 0.6 is 11.3 Å². The number of aromatic nitrogens is 2. The summed E-state index contributed by atoms with van der Waals surface area (Å²) < 4.78 is 12.8. The fourth-order valence-corrected chi connectivity index (χ4v) is 1.88. The Morgan fingerprint density at radius 1 is 1.44 bits per heavy atom. The average Bonchev–Trinajstić information content (AvgIpc) is 2.64. The highest BCUT2D eigenvalue weighted by atomic mass is 32.1. The van der Waals surface area contributed by atoms with E-state index in [2.05, 4.69) is 15.3 Å². The second-order valence-corrected chi connectivity index (χ2v) is 4.13. The van der Waals surface area contributed by atoms with Gasteiger partial charge in [0.2, 0.25) is 0 Å². The molecule has 2 aromatic heterocycles. The van der Waals surface area contributed by atoms with Crippen LogP contribution in [-0.2, 0) is 13.1 Å². The SMILES string of the molecule is O=c1[nH]c(CNCc2cncc(F)c2)cs1. The minimum atomic E-state index is -0.344. The average molecular weight is 239 g/mol. The van der Waals surface area contributed by atoms with Crippen molar-refractivity contribution in [2.45, 2.75) is 13.1 Å². The number of halogens is 1. The molecule has 0 saturated carbocycles. The molecule has 0 atom stereocenters. The van der Waals surface area contributed by atoms with Crippen LogP contribution in [-0.4, -0.2) is 9.97 Å². The van der Waals surface area contributed by atoms with E-state index in [4.69, 9.17) is 0 Å². The van der Waals surface area contributed by atoms with Crippen molar-refractivity contribution in [2.24, 2.45) is 0 Å². The van der Waals surface area contributed by atoms with Gasteiger partial charge in [-0.25, -0.2) is 4.39 Å². The summed E-state index contributed by atoms with van der Waals surface area (Å²) in [7, 11) is 0. The summed E-state index contributed by atoms with van der Waals surface area (Å²) in [4.78, 5) is 17.2. The maximum absolute atomic E-state index is 12.8. The quantitative estimate of drug-likeness (QED) is 0.844. The van der Waals surface area contributed by atoms with Crippen molar-refractivity contribution < 1.29 is 4.39 Å². The van der Waals surface area contributed by atoms with E-state index >= 15 is 0 Å². The molecule has 0 amide bonds. The highest BCUT2D eigenvalue weighted by Gasteiger charge is 1.98. The van der Waals surface area contributed by atoms with Gasteiger partial charge >= 0.3 is 4.87 Å². The zero-order chi connectivity index (χ0) is 11.4. The van der Waals surface area contributed by atoms with Crippen LogP contribution in [0.1, 0.15) is 11.3 Å². The highest BCUT2D eigenvalue weighted by molar-refractivity contribution is 7.07. The third-order valence-electron chi connectivity index (χ3n) is 1.98. The Balaban J connectivity index is 1.86. The Morgan fingerprint density at radius 2 is 2.31 bits per heavy atom. The van der Waals surface area contributed by atoms with E-state index in [1.807, 2.05) is 0 Å². The Labute approximate surface area is 95.2 Å². The van der Waals surface area contributed by atoms with Crippen LogP contribution in [0.3, 0.4) is 0 Å². The minimum Gasteiger partial charge on any atom is -0.315 e. The summed E-state index contributed by atoms with van der Waals surface area (Å²) >= 11 is 1.13. The Morgan fingerprint density at radius 3 is 3.00 bits per heavy atom. The zero-order valence-electron chi connectivity index (χ0n) is 8.37. The molecular weight excluding hydrogens is 229 g/mol. The second kappa shape index (κ2) is 5.00. The van der Waals surface area contributed by atoms with E-state index in [0.717, 1.165) is 22.6 Å². The molecule has 0 unspecified atom stereocenters. The number of hydrogen-bond acceptors (Lipinski definition) is 4. The molecule has 0 bridgehead atoms. The van der Waals surface area contributed by atoms with Crippen LogP contribution in [0.2, 0.25) is 0 Å². The van der Waals surface area contributed by atoms with Crippen molar-refractivity contribution >= 4 is 11.3 Å². The third-order valence-corrected chi connectivity index (χ3v) is 2.70. The van der Waals surface area contributed by atoms with Crippen LogP contribution in [0.15, 0.2) is 28.6 Å². The Hall–Kier alpha value is -1.53. The maximum Gasteiger partial charge on any atom is 0.304 e. The molecule has 0 fully saturated rings. The second-order valence-electron chi connectivity index (χ2n) is 3.29. The fraction of sp³-hybridized carbons (Fsp3) is 0.200. The molecule has 16 heavy (non-hydrogen) atoms. The Kier molecular flexibility index (Phi) is 3.43. The van der Waals surface area contributed by atoms with E-state index in [1.165, 1.54) is 12.3 Å². The molecule has 2 aromatic rings. The van der Waals surface area contributed by atoms with Gasteiger partial charge in [-0.3, -0.25) is 9.78 Å². The fourth-order valence-electron chi connectivity index (χ4n) is 1.29. The van der Waals surface area contributed by atoms with Crippen molar-refractivity contribution in [3.63, 3.8) is 0 Å². The molecular formula is C10H10FN3OS. The molecule has 84 valence electrons. The number of rotatable bonds is 4. The van der Waals surface area contributed by atoms with Crippen LogP contribution in [0.4, 0.5) is 4.39 Å². The topological polar surface area (TPSA) is 57.8 Å². The summed E-state index contributed by atoms with van der Waals surface area (Å²) in [5.74, 6) is -0.344. The first-order valence-corrected chi connectivity index (χ1v) is 5.59. The molecule has 0 aliphatic rings. The van der Waals surface area contributed by atoms with Crippen LogP contribution < -0.4 is 10.2 Å². The van der Waals surface area contributed by atoms with Gasteiger partial charge in [-0.1, -0.05) is 11.3 Å². The molecule has 0 aliphatic heterocycles. The smallest absolute Gasteiger partial charge is 0.304 e. The standard InChI is InChI=1S/C10H10FN3OS/c11-8-1-7(2-12-4-8)3-13-5-9-6-16-10(15)14-9/h1-2,4,6,13H,3,5H2,(H,14,15). The highest BCUT2D eigenvalue weighted by Crippen LogP contribution is 2.01. The molecule has 2 rings (SSSR count). The summed E-state index contributed by atoms with van der Waals surface area (Å²) in [6.07, 6.45) is 2.77.